The lowest BCUT2D eigenvalue weighted by Gasteiger charge is -2.28. The van der Waals surface area contributed by atoms with E-state index < -0.39 is 26.9 Å². The molecule has 0 aromatic heterocycles. The van der Waals surface area contributed by atoms with Crippen molar-refractivity contribution >= 4 is 33.0 Å². The van der Waals surface area contributed by atoms with Gasteiger partial charge in [0.2, 0.25) is 15.9 Å². The van der Waals surface area contributed by atoms with E-state index in [1.807, 2.05) is 32.0 Å². The first-order valence-electron chi connectivity index (χ1n) is 8.13. The van der Waals surface area contributed by atoms with Gasteiger partial charge in [0.05, 0.1) is 16.9 Å². The van der Waals surface area contributed by atoms with Crippen molar-refractivity contribution in [3.05, 3.63) is 63.7 Å². The Morgan fingerprint density at radius 2 is 1.70 bits per heavy atom. The van der Waals surface area contributed by atoms with Gasteiger partial charge in [0.15, 0.2) is 0 Å². The molecule has 0 saturated heterocycles. The monoisotopic (exact) mass is 391 g/mol. The number of sulfonamides is 1. The second-order valence-corrected chi connectivity index (χ2v) is 8.13. The van der Waals surface area contributed by atoms with E-state index in [0.717, 1.165) is 27.8 Å². The van der Waals surface area contributed by atoms with Gasteiger partial charge in [-0.25, -0.2) is 8.42 Å². The number of benzene rings is 2. The van der Waals surface area contributed by atoms with Gasteiger partial charge in [0, 0.05) is 17.8 Å². The van der Waals surface area contributed by atoms with Crippen LogP contribution in [0.1, 0.15) is 18.1 Å². The summed E-state index contributed by atoms with van der Waals surface area (Å²) >= 11 is 0. The second kappa shape index (κ2) is 7.75. The van der Waals surface area contributed by atoms with Crippen molar-refractivity contribution in [2.24, 2.45) is 0 Å². The SMILES string of the molecule is Cc1cccc(C)c1NC(=O)[C@H](C)N(c1cccc([N+](=O)[O-])c1)S(C)(=O)=O. The zero-order chi connectivity index (χ0) is 20.4. The standard InChI is InChI=1S/C18H21N3O5S/c1-12-7-5-8-13(2)17(12)19-18(22)14(3)20(27(4,25)26)15-9-6-10-16(11-15)21(23)24/h5-11,14H,1-4H3,(H,19,22)/t14-/m0/s1. The predicted octanol–water partition coefficient (Wildman–Crippen LogP) is 3.00. The largest absolute Gasteiger partial charge is 0.324 e. The highest BCUT2D eigenvalue weighted by Gasteiger charge is 2.30. The average Bonchev–Trinajstić information content (AvgIpc) is 2.57. The topological polar surface area (TPSA) is 110 Å². The number of nitro benzene ring substituents is 1. The van der Waals surface area contributed by atoms with E-state index in [2.05, 4.69) is 5.32 Å². The molecule has 1 amide bonds. The van der Waals surface area contributed by atoms with Gasteiger partial charge in [-0.15, -0.1) is 0 Å². The van der Waals surface area contributed by atoms with Crippen LogP contribution in [0.5, 0.6) is 0 Å². The summed E-state index contributed by atoms with van der Waals surface area (Å²) in [6.45, 7) is 5.10. The number of amides is 1. The Labute approximate surface area is 158 Å². The van der Waals surface area contributed by atoms with Crippen molar-refractivity contribution in [1.29, 1.82) is 0 Å². The number of carbonyl (C=O) groups is 1. The van der Waals surface area contributed by atoms with Crippen LogP contribution in [-0.2, 0) is 14.8 Å². The van der Waals surface area contributed by atoms with Gasteiger partial charge in [-0.05, 0) is 38.0 Å². The zero-order valence-corrected chi connectivity index (χ0v) is 16.3. The summed E-state index contributed by atoms with van der Waals surface area (Å²) in [4.78, 5) is 23.1. The molecule has 0 unspecified atom stereocenters. The molecule has 0 aliphatic carbocycles. The van der Waals surface area contributed by atoms with Crippen LogP contribution in [0.4, 0.5) is 17.1 Å². The van der Waals surface area contributed by atoms with Gasteiger partial charge in [-0.3, -0.25) is 19.2 Å². The molecule has 27 heavy (non-hydrogen) atoms. The first kappa shape index (κ1) is 20.4. The normalized spacial score (nSPS) is 12.3. The van der Waals surface area contributed by atoms with Crippen LogP contribution in [-0.4, -0.2) is 31.5 Å². The summed E-state index contributed by atoms with van der Waals surface area (Å²) in [6.07, 6.45) is 0.953. The Morgan fingerprint density at radius 3 is 2.22 bits per heavy atom. The summed E-state index contributed by atoms with van der Waals surface area (Å²) < 4.78 is 25.5. The smallest absolute Gasteiger partial charge is 0.271 e. The van der Waals surface area contributed by atoms with Crippen molar-refractivity contribution in [2.75, 3.05) is 15.9 Å². The molecule has 1 N–H and O–H groups in total. The van der Waals surface area contributed by atoms with Gasteiger partial charge in [0.1, 0.15) is 6.04 Å². The third-order valence-corrected chi connectivity index (χ3v) is 5.35. The maximum Gasteiger partial charge on any atom is 0.271 e. The van der Waals surface area contributed by atoms with Crippen LogP contribution in [0.3, 0.4) is 0 Å². The highest BCUT2D eigenvalue weighted by atomic mass is 32.2. The highest BCUT2D eigenvalue weighted by molar-refractivity contribution is 7.92. The van der Waals surface area contributed by atoms with Crippen LogP contribution in [0, 0.1) is 24.0 Å². The van der Waals surface area contributed by atoms with E-state index in [1.165, 1.54) is 25.1 Å². The minimum absolute atomic E-state index is 0.0517. The van der Waals surface area contributed by atoms with Gasteiger partial charge < -0.3 is 5.32 Å². The second-order valence-electron chi connectivity index (χ2n) is 6.27. The van der Waals surface area contributed by atoms with Crippen LogP contribution in [0.25, 0.3) is 0 Å². The van der Waals surface area contributed by atoms with E-state index >= 15 is 0 Å². The molecule has 0 bridgehead atoms. The number of carbonyl (C=O) groups excluding carboxylic acids is 1. The Bertz CT molecular complexity index is 968. The Balaban J connectivity index is 2.41. The third kappa shape index (κ3) is 4.62. The van der Waals surface area contributed by atoms with Crippen molar-refractivity contribution in [1.82, 2.24) is 0 Å². The maximum absolute atomic E-state index is 12.7. The number of hydrogen-bond donors (Lipinski definition) is 1. The number of aryl methyl sites for hydroxylation is 2. The average molecular weight is 391 g/mol. The van der Waals surface area contributed by atoms with Crippen LogP contribution < -0.4 is 9.62 Å². The van der Waals surface area contributed by atoms with E-state index in [1.54, 1.807) is 0 Å². The van der Waals surface area contributed by atoms with Crippen LogP contribution in [0.15, 0.2) is 42.5 Å². The molecule has 0 fully saturated rings. The molecule has 2 aromatic rings. The molecule has 0 saturated carbocycles. The maximum atomic E-state index is 12.7. The first-order valence-corrected chi connectivity index (χ1v) is 9.98. The number of nitrogens with one attached hydrogen (secondary N) is 1. The number of nitrogens with zero attached hydrogens (tertiary/aromatic N) is 2. The van der Waals surface area contributed by atoms with Crippen molar-refractivity contribution in [3.8, 4) is 0 Å². The Kier molecular flexibility index (Phi) is 5.85. The van der Waals surface area contributed by atoms with Crippen molar-refractivity contribution in [3.63, 3.8) is 0 Å². The summed E-state index contributed by atoms with van der Waals surface area (Å²) in [5.74, 6) is -0.538. The van der Waals surface area contributed by atoms with E-state index in [9.17, 15) is 23.3 Å². The lowest BCUT2D eigenvalue weighted by Crippen LogP contribution is -2.45. The Hall–Kier alpha value is -2.94. The van der Waals surface area contributed by atoms with Gasteiger partial charge in [-0.1, -0.05) is 24.3 Å². The number of para-hydroxylation sites is 1. The number of non-ortho nitro benzene ring substituents is 1. The summed E-state index contributed by atoms with van der Waals surface area (Å²) in [6, 6.07) is 9.59. The molecule has 0 aliphatic heterocycles. The van der Waals surface area contributed by atoms with Gasteiger partial charge >= 0.3 is 0 Å². The van der Waals surface area contributed by atoms with Crippen molar-refractivity contribution in [2.45, 2.75) is 26.8 Å². The first-order chi connectivity index (χ1) is 12.5. The third-order valence-electron chi connectivity index (χ3n) is 4.11. The predicted molar refractivity (Wildman–Crippen MR) is 104 cm³/mol. The lowest BCUT2D eigenvalue weighted by atomic mass is 10.1. The van der Waals surface area contributed by atoms with E-state index in [4.69, 9.17) is 0 Å². The molecular formula is C18H21N3O5S. The molecule has 0 aliphatic rings. The molecule has 8 nitrogen and oxygen atoms in total. The minimum atomic E-state index is -3.87. The molecule has 0 heterocycles. The minimum Gasteiger partial charge on any atom is -0.324 e. The molecule has 2 rings (SSSR count). The summed E-state index contributed by atoms with van der Waals surface area (Å²) in [7, 11) is -3.87. The molecule has 0 spiro atoms. The summed E-state index contributed by atoms with van der Waals surface area (Å²) in [5, 5.41) is 13.8. The van der Waals surface area contributed by atoms with Crippen LogP contribution >= 0.6 is 0 Å². The molecular weight excluding hydrogens is 370 g/mol. The highest BCUT2D eigenvalue weighted by Crippen LogP contribution is 2.26. The fourth-order valence-corrected chi connectivity index (χ4v) is 3.96. The molecule has 0 radical (unpaired) electrons. The fourth-order valence-electron chi connectivity index (χ4n) is 2.79. The number of rotatable bonds is 6. The molecule has 2 aromatic carbocycles. The van der Waals surface area contributed by atoms with E-state index in [0.29, 0.717) is 5.69 Å². The van der Waals surface area contributed by atoms with Crippen LogP contribution in [0.2, 0.25) is 0 Å². The molecule has 144 valence electrons. The number of anilines is 2. The molecule has 1 atom stereocenters. The quantitative estimate of drug-likeness (QED) is 0.601. The van der Waals surface area contributed by atoms with E-state index in [-0.39, 0.29) is 11.4 Å². The van der Waals surface area contributed by atoms with Gasteiger partial charge in [0.25, 0.3) is 5.69 Å². The fraction of sp³-hybridized carbons (Fsp3) is 0.278. The number of nitro groups is 1. The summed E-state index contributed by atoms with van der Waals surface area (Å²) in [5.41, 5.74) is 2.09. The van der Waals surface area contributed by atoms with Gasteiger partial charge in [-0.2, -0.15) is 0 Å². The van der Waals surface area contributed by atoms with Crippen molar-refractivity contribution < 1.29 is 18.1 Å². The lowest BCUT2D eigenvalue weighted by molar-refractivity contribution is -0.384. The zero-order valence-electron chi connectivity index (χ0n) is 15.5. The molecule has 9 heteroatoms. The number of hydrogen-bond acceptors (Lipinski definition) is 5. The Morgan fingerprint density at radius 1 is 1.15 bits per heavy atom.